The second-order valence-electron chi connectivity index (χ2n) is 5.47. The molecule has 0 amide bonds. The number of methoxy groups -OCH3 is 1. The predicted molar refractivity (Wildman–Crippen MR) is 74.4 cm³/mol. The molecule has 0 bridgehead atoms. The SMILES string of the molecule is CCNC(CC1CCCC1)C(CC)(CC)OC. The van der Waals surface area contributed by atoms with Gasteiger partial charge in [0.15, 0.2) is 0 Å². The molecule has 0 spiro atoms. The minimum atomic E-state index is 0.0403. The Hall–Kier alpha value is -0.0800. The van der Waals surface area contributed by atoms with Gasteiger partial charge in [-0.05, 0) is 31.7 Å². The molecule has 2 nitrogen and oxygen atoms in total. The Balaban J connectivity index is 2.66. The number of rotatable bonds is 8. The number of ether oxygens (including phenoxy) is 1. The molecule has 2 heteroatoms. The third kappa shape index (κ3) is 3.69. The zero-order valence-corrected chi connectivity index (χ0v) is 12.2. The van der Waals surface area contributed by atoms with E-state index in [1.165, 1.54) is 32.1 Å². The van der Waals surface area contributed by atoms with Crippen molar-refractivity contribution in [2.24, 2.45) is 5.92 Å². The molecule has 1 atom stereocenters. The Morgan fingerprint density at radius 3 is 2.18 bits per heavy atom. The first-order chi connectivity index (χ1) is 8.22. The maximum Gasteiger partial charge on any atom is 0.0825 e. The lowest BCUT2D eigenvalue weighted by atomic mass is 9.82. The molecule has 0 aliphatic heterocycles. The van der Waals surface area contributed by atoms with E-state index in [1.54, 1.807) is 0 Å². The summed E-state index contributed by atoms with van der Waals surface area (Å²) in [5, 5.41) is 3.68. The fourth-order valence-corrected chi connectivity index (χ4v) is 3.48. The van der Waals surface area contributed by atoms with Crippen molar-refractivity contribution in [1.29, 1.82) is 0 Å². The topological polar surface area (TPSA) is 21.3 Å². The monoisotopic (exact) mass is 241 g/mol. The number of likely N-dealkylation sites (N-methyl/N-ethyl adjacent to an activating group) is 1. The summed E-state index contributed by atoms with van der Waals surface area (Å²) in [7, 11) is 1.88. The zero-order valence-electron chi connectivity index (χ0n) is 12.2. The largest absolute Gasteiger partial charge is 0.377 e. The summed E-state index contributed by atoms with van der Waals surface area (Å²) in [6.45, 7) is 7.76. The summed E-state index contributed by atoms with van der Waals surface area (Å²) in [6, 6.07) is 0.524. The van der Waals surface area contributed by atoms with Crippen LogP contribution in [-0.2, 0) is 4.74 Å². The fourth-order valence-electron chi connectivity index (χ4n) is 3.48. The van der Waals surface area contributed by atoms with Gasteiger partial charge in [0.25, 0.3) is 0 Å². The maximum atomic E-state index is 5.90. The van der Waals surface area contributed by atoms with Crippen molar-refractivity contribution in [2.75, 3.05) is 13.7 Å². The predicted octanol–water partition coefficient (Wildman–Crippen LogP) is 3.75. The van der Waals surface area contributed by atoms with Crippen LogP contribution in [0.25, 0.3) is 0 Å². The second kappa shape index (κ2) is 7.38. The van der Waals surface area contributed by atoms with Crippen molar-refractivity contribution in [3.63, 3.8) is 0 Å². The van der Waals surface area contributed by atoms with E-state index >= 15 is 0 Å². The third-order valence-corrected chi connectivity index (χ3v) is 4.73. The van der Waals surface area contributed by atoms with Gasteiger partial charge >= 0.3 is 0 Å². The first-order valence-corrected chi connectivity index (χ1v) is 7.50. The molecule has 17 heavy (non-hydrogen) atoms. The Morgan fingerprint density at radius 2 is 1.76 bits per heavy atom. The summed E-state index contributed by atoms with van der Waals surface area (Å²) in [6.07, 6.45) is 9.21. The summed E-state index contributed by atoms with van der Waals surface area (Å²) in [5.74, 6) is 0.923. The molecule has 0 aromatic rings. The van der Waals surface area contributed by atoms with Crippen molar-refractivity contribution < 1.29 is 4.74 Å². The zero-order chi connectivity index (χ0) is 12.7. The summed E-state index contributed by atoms with van der Waals surface area (Å²) >= 11 is 0. The van der Waals surface area contributed by atoms with Gasteiger partial charge in [0.05, 0.1) is 5.60 Å². The molecule has 0 saturated heterocycles. The van der Waals surface area contributed by atoms with Crippen LogP contribution >= 0.6 is 0 Å². The average molecular weight is 241 g/mol. The first-order valence-electron chi connectivity index (χ1n) is 7.50. The van der Waals surface area contributed by atoms with E-state index in [1.807, 2.05) is 7.11 Å². The highest BCUT2D eigenvalue weighted by molar-refractivity contribution is 4.93. The van der Waals surface area contributed by atoms with Crippen LogP contribution in [-0.4, -0.2) is 25.3 Å². The van der Waals surface area contributed by atoms with Crippen LogP contribution < -0.4 is 5.32 Å². The molecule has 0 heterocycles. The highest BCUT2D eigenvalue weighted by Crippen LogP contribution is 2.34. The molecule has 1 fully saturated rings. The standard InChI is InChI=1S/C15H31NO/c1-5-15(6-2,17-4)14(16-7-3)12-13-10-8-9-11-13/h13-14,16H,5-12H2,1-4H3. The van der Waals surface area contributed by atoms with Crippen molar-refractivity contribution in [1.82, 2.24) is 5.32 Å². The van der Waals surface area contributed by atoms with Crippen LogP contribution in [0.4, 0.5) is 0 Å². The van der Waals surface area contributed by atoms with Gasteiger partial charge in [-0.15, -0.1) is 0 Å². The van der Waals surface area contributed by atoms with Gasteiger partial charge in [0, 0.05) is 13.2 Å². The second-order valence-corrected chi connectivity index (χ2v) is 5.47. The van der Waals surface area contributed by atoms with Crippen LogP contribution in [0.15, 0.2) is 0 Å². The summed E-state index contributed by atoms with van der Waals surface area (Å²) in [5.41, 5.74) is 0.0403. The van der Waals surface area contributed by atoms with E-state index in [-0.39, 0.29) is 5.60 Å². The Bertz CT molecular complexity index is 187. The molecule has 0 aromatic carbocycles. The van der Waals surface area contributed by atoms with Gasteiger partial charge in [-0.1, -0.05) is 46.5 Å². The lowest BCUT2D eigenvalue weighted by molar-refractivity contribution is -0.0525. The van der Waals surface area contributed by atoms with Gasteiger partial charge in [-0.2, -0.15) is 0 Å². The molecular formula is C15H31NO. The van der Waals surface area contributed by atoms with Crippen molar-refractivity contribution >= 4 is 0 Å². The molecule has 1 unspecified atom stereocenters. The van der Waals surface area contributed by atoms with Crippen molar-refractivity contribution in [3.8, 4) is 0 Å². The molecule has 1 aliphatic rings. The van der Waals surface area contributed by atoms with Gasteiger partial charge in [0.1, 0.15) is 0 Å². The molecule has 0 radical (unpaired) electrons. The molecule has 1 rings (SSSR count). The fraction of sp³-hybridized carbons (Fsp3) is 1.00. The third-order valence-electron chi connectivity index (χ3n) is 4.73. The van der Waals surface area contributed by atoms with Gasteiger partial charge in [-0.3, -0.25) is 0 Å². The number of nitrogens with one attached hydrogen (secondary N) is 1. The van der Waals surface area contributed by atoms with Gasteiger partial charge in [0.2, 0.25) is 0 Å². The van der Waals surface area contributed by atoms with Gasteiger partial charge in [-0.25, -0.2) is 0 Å². The Labute approximate surface area is 108 Å². The van der Waals surface area contributed by atoms with E-state index in [0.717, 1.165) is 25.3 Å². The normalized spacial score (nSPS) is 19.8. The van der Waals surface area contributed by atoms with E-state index in [2.05, 4.69) is 26.1 Å². The minimum Gasteiger partial charge on any atom is -0.377 e. The molecule has 1 saturated carbocycles. The van der Waals surface area contributed by atoms with Crippen LogP contribution in [0.1, 0.15) is 65.7 Å². The minimum absolute atomic E-state index is 0.0403. The molecular weight excluding hydrogens is 210 g/mol. The molecule has 1 aliphatic carbocycles. The van der Waals surface area contributed by atoms with Gasteiger partial charge < -0.3 is 10.1 Å². The first kappa shape index (κ1) is 15.0. The Kier molecular flexibility index (Phi) is 6.50. The molecule has 1 N–H and O–H groups in total. The van der Waals surface area contributed by atoms with E-state index < -0.39 is 0 Å². The van der Waals surface area contributed by atoms with Crippen LogP contribution in [0.3, 0.4) is 0 Å². The van der Waals surface area contributed by atoms with Crippen molar-refractivity contribution in [3.05, 3.63) is 0 Å². The molecule has 102 valence electrons. The summed E-state index contributed by atoms with van der Waals surface area (Å²) < 4.78 is 5.90. The van der Waals surface area contributed by atoms with E-state index in [9.17, 15) is 0 Å². The van der Waals surface area contributed by atoms with Crippen LogP contribution in [0.2, 0.25) is 0 Å². The quantitative estimate of drug-likeness (QED) is 0.699. The lowest BCUT2D eigenvalue weighted by Gasteiger charge is -2.40. The molecule has 0 aromatic heterocycles. The smallest absolute Gasteiger partial charge is 0.0825 e. The summed E-state index contributed by atoms with van der Waals surface area (Å²) in [4.78, 5) is 0. The highest BCUT2D eigenvalue weighted by atomic mass is 16.5. The van der Waals surface area contributed by atoms with E-state index in [0.29, 0.717) is 6.04 Å². The van der Waals surface area contributed by atoms with Crippen molar-refractivity contribution in [2.45, 2.75) is 77.4 Å². The Morgan fingerprint density at radius 1 is 1.18 bits per heavy atom. The maximum absolute atomic E-state index is 5.90. The number of hydrogen-bond donors (Lipinski definition) is 1. The van der Waals surface area contributed by atoms with Crippen LogP contribution in [0.5, 0.6) is 0 Å². The highest BCUT2D eigenvalue weighted by Gasteiger charge is 2.36. The average Bonchev–Trinajstić information content (AvgIpc) is 2.85. The number of hydrogen-bond acceptors (Lipinski definition) is 2. The van der Waals surface area contributed by atoms with E-state index in [4.69, 9.17) is 4.74 Å². The lowest BCUT2D eigenvalue weighted by Crippen LogP contribution is -2.52. The van der Waals surface area contributed by atoms with Crippen LogP contribution in [0, 0.1) is 5.92 Å².